The number of likely N-dealkylation sites (N-methyl/N-ethyl adjacent to an activating group) is 1. The predicted molar refractivity (Wildman–Crippen MR) is 101 cm³/mol. The first-order valence-corrected chi connectivity index (χ1v) is 8.47. The standard InChI is InChI=1S/C20H26N2O4/c1-14(20(23)21-16-10-6-7-11-17(16)24-3)22(2)13-15-9-8-12-18(25-4)19(15)26-5/h6-12,14H,13H2,1-5H3,(H,21,23)/p+1/t14-/m1/s1. The van der Waals surface area contributed by atoms with E-state index in [1.165, 1.54) is 0 Å². The second kappa shape index (κ2) is 9.10. The molecule has 0 aliphatic heterocycles. The van der Waals surface area contributed by atoms with E-state index in [0.717, 1.165) is 10.5 Å². The van der Waals surface area contributed by atoms with Gasteiger partial charge in [-0.05, 0) is 31.2 Å². The molecular weight excluding hydrogens is 332 g/mol. The first-order chi connectivity index (χ1) is 12.5. The van der Waals surface area contributed by atoms with E-state index in [-0.39, 0.29) is 11.9 Å². The minimum atomic E-state index is -0.268. The number of amides is 1. The second-order valence-electron chi connectivity index (χ2n) is 6.09. The fourth-order valence-electron chi connectivity index (χ4n) is 2.76. The number of benzene rings is 2. The van der Waals surface area contributed by atoms with Crippen molar-refractivity contribution in [3.05, 3.63) is 48.0 Å². The molecule has 0 aromatic heterocycles. The molecule has 0 aliphatic rings. The molecule has 26 heavy (non-hydrogen) atoms. The Morgan fingerprint density at radius 2 is 1.65 bits per heavy atom. The summed E-state index contributed by atoms with van der Waals surface area (Å²) in [5, 5.41) is 2.94. The van der Waals surface area contributed by atoms with Gasteiger partial charge in [0, 0.05) is 0 Å². The molecule has 0 heterocycles. The van der Waals surface area contributed by atoms with Gasteiger partial charge in [-0.2, -0.15) is 0 Å². The fraction of sp³-hybridized carbons (Fsp3) is 0.350. The van der Waals surface area contributed by atoms with Crippen LogP contribution in [0, 0.1) is 0 Å². The Bertz CT molecular complexity index is 748. The Labute approximate surface area is 154 Å². The van der Waals surface area contributed by atoms with Crippen LogP contribution in [0.25, 0.3) is 0 Å². The number of carbonyl (C=O) groups excluding carboxylic acids is 1. The van der Waals surface area contributed by atoms with Crippen LogP contribution >= 0.6 is 0 Å². The van der Waals surface area contributed by atoms with E-state index in [1.807, 2.05) is 56.4 Å². The highest BCUT2D eigenvalue weighted by Crippen LogP contribution is 2.30. The Hall–Kier alpha value is -2.73. The number of para-hydroxylation sites is 3. The molecule has 1 unspecified atom stereocenters. The molecular formula is C20H27N2O4+. The monoisotopic (exact) mass is 359 g/mol. The SMILES string of the molecule is COc1ccccc1NC(=O)[C@@H](C)[NH+](C)Cc1cccc(OC)c1OC. The molecule has 0 saturated heterocycles. The van der Waals surface area contributed by atoms with Gasteiger partial charge in [0.25, 0.3) is 5.91 Å². The third kappa shape index (κ3) is 4.46. The maximum Gasteiger partial charge on any atom is 0.282 e. The summed E-state index contributed by atoms with van der Waals surface area (Å²) in [6, 6.07) is 12.9. The number of anilines is 1. The van der Waals surface area contributed by atoms with Crippen molar-refractivity contribution in [2.75, 3.05) is 33.7 Å². The number of quaternary nitrogens is 1. The number of hydrogen-bond donors (Lipinski definition) is 2. The number of methoxy groups -OCH3 is 3. The highest BCUT2D eigenvalue weighted by atomic mass is 16.5. The predicted octanol–water partition coefficient (Wildman–Crippen LogP) is 1.75. The lowest BCUT2D eigenvalue weighted by atomic mass is 10.1. The Kier molecular flexibility index (Phi) is 6.86. The Morgan fingerprint density at radius 3 is 2.31 bits per heavy atom. The molecule has 2 aromatic rings. The zero-order valence-corrected chi connectivity index (χ0v) is 16.0. The summed E-state index contributed by atoms with van der Waals surface area (Å²) < 4.78 is 16.1. The van der Waals surface area contributed by atoms with Gasteiger partial charge >= 0.3 is 0 Å². The first-order valence-electron chi connectivity index (χ1n) is 8.47. The molecule has 2 N–H and O–H groups in total. The van der Waals surface area contributed by atoms with Crippen molar-refractivity contribution >= 4 is 11.6 Å². The molecule has 0 radical (unpaired) electrons. The number of rotatable bonds is 8. The van der Waals surface area contributed by atoms with Crippen molar-refractivity contribution in [3.63, 3.8) is 0 Å². The topological polar surface area (TPSA) is 61.2 Å². The van der Waals surface area contributed by atoms with E-state index in [9.17, 15) is 4.79 Å². The minimum Gasteiger partial charge on any atom is -0.495 e. The Balaban J connectivity index is 2.10. The van der Waals surface area contributed by atoms with Gasteiger partial charge in [-0.3, -0.25) is 4.79 Å². The molecule has 0 fully saturated rings. The van der Waals surface area contributed by atoms with Gasteiger partial charge in [0.15, 0.2) is 17.5 Å². The summed E-state index contributed by atoms with van der Waals surface area (Å²) in [4.78, 5) is 13.7. The maximum atomic E-state index is 12.6. The van der Waals surface area contributed by atoms with Gasteiger partial charge in [-0.25, -0.2) is 0 Å². The summed E-state index contributed by atoms with van der Waals surface area (Å²) in [7, 11) is 6.79. The smallest absolute Gasteiger partial charge is 0.282 e. The van der Waals surface area contributed by atoms with Crippen molar-refractivity contribution in [2.24, 2.45) is 0 Å². The maximum absolute atomic E-state index is 12.6. The average molecular weight is 359 g/mol. The van der Waals surface area contributed by atoms with Crippen LogP contribution in [-0.2, 0) is 11.3 Å². The summed E-state index contributed by atoms with van der Waals surface area (Å²) in [6.45, 7) is 2.52. The largest absolute Gasteiger partial charge is 0.495 e. The van der Waals surface area contributed by atoms with Gasteiger partial charge in [0.05, 0.1) is 39.6 Å². The molecule has 6 heteroatoms. The van der Waals surface area contributed by atoms with Crippen molar-refractivity contribution in [1.82, 2.24) is 0 Å². The van der Waals surface area contributed by atoms with E-state index in [0.29, 0.717) is 29.5 Å². The fourth-order valence-corrected chi connectivity index (χ4v) is 2.76. The lowest BCUT2D eigenvalue weighted by molar-refractivity contribution is -0.907. The summed E-state index contributed by atoms with van der Waals surface area (Å²) in [5.41, 5.74) is 1.65. The van der Waals surface area contributed by atoms with E-state index >= 15 is 0 Å². The van der Waals surface area contributed by atoms with E-state index in [4.69, 9.17) is 14.2 Å². The molecule has 0 spiro atoms. The van der Waals surface area contributed by atoms with Crippen LogP contribution in [-0.4, -0.2) is 40.3 Å². The average Bonchev–Trinajstić information content (AvgIpc) is 2.67. The number of hydrogen-bond acceptors (Lipinski definition) is 4. The minimum absolute atomic E-state index is 0.0751. The lowest BCUT2D eigenvalue weighted by Gasteiger charge is -2.23. The van der Waals surface area contributed by atoms with Crippen LogP contribution in [0.15, 0.2) is 42.5 Å². The van der Waals surface area contributed by atoms with Crippen LogP contribution in [0.1, 0.15) is 12.5 Å². The summed E-state index contributed by atoms with van der Waals surface area (Å²) in [5.74, 6) is 1.95. The van der Waals surface area contributed by atoms with Gasteiger partial charge in [0.2, 0.25) is 0 Å². The van der Waals surface area contributed by atoms with Gasteiger partial charge in [-0.1, -0.05) is 18.2 Å². The third-order valence-electron chi connectivity index (χ3n) is 4.45. The number of nitrogens with one attached hydrogen (secondary N) is 2. The highest BCUT2D eigenvalue weighted by molar-refractivity contribution is 5.94. The first kappa shape index (κ1) is 19.6. The Morgan fingerprint density at radius 1 is 1.00 bits per heavy atom. The second-order valence-corrected chi connectivity index (χ2v) is 6.09. The summed E-state index contributed by atoms with van der Waals surface area (Å²) >= 11 is 0. The van der Waals surface area contributed by atoms with Crippen LogP contribution in [0.4, 0.5) is 5.69 Å². The quantitative estimate of drug-likeness (QED) is 0.754. The normalized spacial score (nSPS) is 12.8. The van der Waals surface area contributed by atoms with Gasteiger partial charge in [-0.15, -0.1) is 0 Å². The lowest BCUT2D eigenvalue weighted by Crippen LogP contribution is -3.12. The molecule has 2 atom stereocenters. The molecule has 140 valence electrons. The van der Waals surface area contributed by atoms with Crippen LogP contribution < -0.4 is 24.4 Å². The summed E-state index contributed by atoms with van der Waals surface area (Å²) in [6.07, 6.45) is 0. The van der Waals surface area contributed by atoms with Crippen LogP contribution in [0.3, 0.4) is 0 Å². The third-order valence-corrected chi connectivity index (χ3v) is 4.45. The molecule has 0 saturated carbocycles. The molecule has 6 nitrogen and oxygen atoms in total. The van der Waals surface area contributed by atoms with Gasteiger partial charge in [0.1, 0.15) is 12.3 Å². The zero-order chi connectivity index (χ0) is 19.1. The van der Waals surface area contributed by atoms with Crippen LogP contribution in [0.2, 0.25) is 0 Å². The van der Waals surface area contributed by atoms with Crippen molar-refractivity contribution < 1.29 is 23.9 Å². The molecule has 0 aliphatic carbocycles. The number of ether oxygens (including phenoxy) is 3. The molecule has 2 rings (SSSR count). The van der Waals surface area contributed by atoms with Crippen molar-refractivity contribution in [3.8, 4) is 17.2 Å². The van der Waals surface area contributed by atoms with E-state index in [2.05, 4.69) is 5.32 Å². The molecule has 1 amide bonds. The molecule has 2 aromatic carbocycles. The highest BCUT2D eigenvalue weighted by Gasteiger charge is 2.24. The molecule has 0 bridgehead atoms. The van der Waals surface area contributed by atoms with Crippen molar-refractivity contribution in [1.29, 1.82) is 0 Å². The zero-order valence-electron chi connectivity index (χ0n) is 16.0. The van der Waals surface area contributed by atoms with E-state index in [1.54, 1.807) is 21.3 Å². The van der Waals surface area contributed by atoms with Crippen molar-refractivity contribution in [2.45, 2.75) is 19.5 Å². The van der Waals surface area contributed by atoms with Crippen LogP contribution in [0.5, 0.6) is 17.2 Å². The van der Waals surface area contributed by atoms with E-state index < -0.39 is 0 Å². The van der Waals surface area contributed by atoms with Gasteiger partial charge < -0.3 is 24.4 Å². The number of carbonyl (C=O) groups is 1.